The Hall–Kier alpha value is -3.96. The van der Waals surface area contributed by atoms with Crippen LogP contribution in [0.15, 0.2) is 76.8 Å². The summed E-state index contributed by atoms with van der Waals surface area (Å²) in [6.45, 7) is -1.20. The van der Waals surface area contributed by atoms with Gasteiger partial charge in [-0.05, 0) is 17.7 Å². The molecule has 36 heavy (non-hydrogen) atoms. The maximum absolute atomic E-state index is 13.3. The molecule has 3 aromatic heterocycles. The summed E-state index contributed by atoms with van der Waals surface area (Å²) < 4.78 is 40.9. The standard InChI is InChI=1S/C24H19ClF3N5O3/c1-36-31-21(30-14-24(26,27)28)17-8-6-16(7-9-17)20-22(34)32-11-3-2-4-19(32)33(23(20)35)13-15-5-10-18(25)29-12-15/h2-12H,13-14H2,1H3,(H-,30,31,34,35)/p+1. The number of halogens is 4. The van der Waals surface area contributed by atoms with Crippen molar-refractivity contribution in [1.29, 1.82) is 0 Å². The number of aliphatic imine (C=N–C) groups is 1. The van der Waals surface area contributed by atoms with Crippen molar-refractivity contribution in [3.63, 3.8) is 0 Å². The Morgan fingerprint density at radius 1 is 1.19 bits per heavy atom. The van der Waals surface area contributed by atoms with E-state index in [4.69, 9.17) is 16.4 Å². The molecule has 8 nitrogen and oxygen atoms in total. The van der Waals surface area contributed by atoms with Crippen LogP contribution in [0, 0.1) is 0 Å². The topological polar surface area (TPSA) is 92.1 Å². The second-order valence-electron chi connectivity index (χ2n) is 7.67. The van der Waals surface area contributed by atoms with E-state index < -0.39 is 18.3 Å². The van der Waals surface area contributed by atoms with Gasteiger partial charge in [-0.3, -0.25) is 9.83 Å². The zero-order valence-corrected chi connectivity index (χ0v) is 19.6. The van der Waals surface area contributed by atoms with E-state index in [9.17, 15) is 23.1 Å². The van der Waals surface area contributed by atoms with Crippen LogP contribution in [-0.2, 0) is 11.4 Å². The number of amidine groups is 1. The van der Waals surface area contributed by atoms with Crippen LogP contribution in [0.3, 0.4) is 0 Å². The lowest BCUT2D eigenvalue weighted by Gasteiger charge is -2.12. The Labute approximate surface area is 207 Å². The maximum Gasteiger partial charge on any atom is 0.408 e. The lowest BCUT2D eigenvalue weighted by molar-refractivity contribution is -0.671. The number of aromatic nitrogens is 3. The predicted octanol–water partition coefficient (Wildman–Crippen LogP) is 3.52. The number of fused-ring (bicyclic) bond motifs is 1. The molecule has 4 rings (SSSR count). The molecule has 0 aliphatic heterocycles. The number of hydrogen-bond acceptors (Lipinski definition) is 5. The van der Waals surface area contributed by atoms with Gasteiger partial charge in [0.1, 0.15) is 18.2 Å². The summed E-state index contributed by atoms with van der Waals surface area (Å²) in [6.07, 6.45) is -1.34. The van der Waals surface area contributed by atoms with Crippen LogP contribution in [-0.4, -0.2) is 40.2 Å². The quantitative estimate of drug-likeness (QED) is 0.134. The maximum atomic E-state index is 13.3. The third-order valence-electron chi connectivity index (χ3n) is 5.22. The molecule has 0 atom stereocenters. The van der Waals surface area contributed by atoms with Gasteiger partial charge in [-0.25, -0.2) is 15.3 Å². The van der Waals surface area contributed by atoms with Gasteiger partial charge in [0.05, 0.1) is 13.3 Å². The molecule has 0 radical (unpaired) electrons. The molecule has 0 amide bonds. The number of nitrogens with zero attached hydrogens (tertiary/aromatic N) is 4. The highest BCUT2D eigenvalue weighted by Gasteiger charge is 2.27. The first kappa shape index (κ1) is 25.1. The molecule has 0 fully saturated rings. The molecule has 0 spiro atoms. The predicted molar refractivity (Wildman–Crippen MR) is 127 cm³/mol. The van der Waals surface area contributed by atoms with Gasteiger partial charge in [0.25, 0.3) is 11.5 Å². The number of alkyl halides is 3. The molecule has 0 saturated heterocycles. The molecule has 186 valence electrons. The first-order chi connectivity index (χ1) is 17.2. The molecule has 2 N–H and O–H groups in total. The number of hydroxylamine groups is 1. The molecular formula is C24H20ClF3N5O3+. The van der Waals surface area contributed by atoms with Crippen LogP contribution in [0.1, 0.15) is 11.1 Å². The number of rotatable bonds is 6. The van der Waals surface area contributed by atoms with Crippen molar-refractivity contribution in [1.82, 2.24) is 14.9 Å². The van der Waals surface area contributed by atoms with Crippen LogP contribution in [0.4, 0.5) is 13.2 Å². The molecule has 0 saturated carbocycles. The van der Waals surface area contributed by atoms with Gasteiger partial charge < -0.3 is 5.11 Å². The molecular weight excluding hydrogens is 499 g/mol. The zero-order valence-electron chi connectivity index (χ0n) is 18.8. The Morgan fingerprint density at radius 3 is 2.58 bits per heavy atom. The van der Waals surface area contributed by atoms with Crippen LogP contribution in [0.25, 0.3) is 16.8 Å². The Morgan fingerprint density at radius 2 is 1.94 bits per heavy atom. The molecule has 0 aliphatic carbocycles. The van der Waals surface area contributed by atoms with Crippen molar-refractivity contribution in [2.45, 2.75) is 12.7 Å². The van der Waals surface area contributed by atoms with Crippen LogP contribution in [0.2, 0.25) is 5.15 Å². The lowest BCUT2D eigenvalue weighted by Crippen LogP contribution is -2.41. The summed E-state index contributed by atoms with van der Waals surface area (Å²) in [4.78, 5) is 25.6. The Kier molecular flexibility index (Phi) is 7.22. The highest BCUT2D eigenvalue weighted by Crippen LogP contribution is 2.24. The highest BCUT2D eigenvalue weighted by molar-refractivity contribution is 6.29. The number of hydrogen-bond donors (Lipinski definition) is 2. The Balaban J connectivity index is 1.80. The van der Waals surface area contributed by atoms with Gasteiger partial charge in [0.15, 0.2) is 11.4 Å². The van der Waals surface area contributed by atoms with Crippen LogP contribution in [0.5, 0.6) is 5.88 Å². The lowest BCUT2D eigenvalue weighted by atomic mass is 10.0. The van der Waals surface area contributed by atoms with E-state index in [1.165, 1.54) is 35.8 Å². The second-order valence-corrected chi connectivity index (χ2v) is 8.06. The van der Waals surface area contributed by atoms with E-state index in [0.717, 1.165) is 5.56 Å². The van der Waals surface area contributed by atoms with Gasteiger partial charge in [0.2, 0.25) is 0 Å². The number of aromatic hydroxyl groups is 1. The summed E-state index contributed by atoms with van der Waals surface area (Å²) in [5.41, 5.74) is 3.71. The minimum atomic E-state index is -4.49. The van der Waals surface area contributed by atoms with E-state index in [1.54, 1.807) is 47.3 Å². The number of pyridine rings is 2. The summed E-state index contributed by atoms with van der Waals surface area (Å²) in [6, 6.07) is 14.5. The first-order valence-corrected chi connectivity index (χ1v) is 10.9. The smallest absolute Gasteiger partial charge is 0.408 e. The normalized spacial score (nSPS) is 12.2. The number of benzene rings is 1. The summed E-state index contributed by atoms with van der Waals surface area (Å²) in [7, 11) is 1.25. The van der Waals surface area contributed by atoms with Crippen molar-refractivity contribution in [2.75, 3.05) is 13.7 Å². The fourth-order valence-corrected chi connectivity index (χ4v) is 3.73. The average Bonchev–Trinajstić information content (AvgIpc) is 2.85. The Bertz CT molecular complexity index is 1470. The van der Waals surface area contributed by atoms with E-state index in [2.05, 4.69) is 15.5 Å². The largest absolute Gasteiger partial charge is 0.477 e. The first-order valence-electron chi connectivity index (χ1n) is 10.6. The average molecular weight is 519 g/mol. The fraction of sp³-hybridized carbons (Fsp3) is 0.167. The second kappa shape index (κ2) is 10.3. The molecule has 4 aromatic rings. The number of nitrogens with one attached hydrogen (secondary N) is 1. The van der Waals surface area contributed by atoms with E-state index in [1.807, 2.05) is 0 Å². The monoisotopic (exact) mass is 518 g/mol. The zero-order chi connectivity index (χ0) is 25.9. The molecule has 1 aromatic carbocycles. The minimum absolute atomic E-state index is 0.0145. The SMILES string of the molecule is CONC(=NCC(F)(F)F)c1ccc(-c2c(O)[n+](Cc3ccc(Cl)nc3)c3ccccn3c2=O)cc1. The van der Waals surface area contributed by atoms with Gasteiger partial charge in [0, 0.05) is 23.4 Å². The van der Waals surface area contributed by atoms with Crippen molar-refractivity contribution in [3.8, 4) is 17.0 Å². The van der Waals surface area contributed by atoms with E-state index in [0.29, 0.717) is 21.9 Å². The van der Waals surface area contributed by atoms with Crippen molar-refractivity contribution >= 4 is 23.1 Å². The van der Waals surface area contributed by atoms with Gasteiger partial charge in [-0.2, -0.15) is 22.1 Å². The van der Waals surface area contributed by atoms with Gasteiger partial charge >= 0.3 is 11.7 Å². The van der Waals surface area contributed by atoms with Gasteiger partial charge in [-0.1, -0.05) is 48.0 Å². The fourth-order valence-electron chi connectivity index (χ4n) is 3.62. The van der Waals surface area contributed by atoms with E-state index >= 15 is 0 Å². The summed E-state index contributed by atoms with van der Waals surface area (Å²) in [5, 5.41) is 11.5. The van der Waals surface area contributed by atoms with Crippen molar-refractivity contribution < 1.29 is 27.7 Å². The molecule has 12 heteroatoms. The summed E-state index contributed by atoms with van der Waals surface area (Å²) >= 11 is 5.87. The molecule has 3 heterocycles. The minimum Gasteiger partial charge on any atom is -0.477 e. The molecule has 0 unspecified atom stereocenters. The third-order valence-corrected chi connectivity index (χ3v) is 5.44. The van der Waals surface area contributed by atoms with Crippen molar-refractivity contribution in [2.24, 2.45) is 4.99 Å². The molecule has 0 aliphatic rings. The highest BCUT2D eigenvalue weighted by atomic mass is 35.5. The van der Waals surface area contributed by atoms with Crippen LogP contribution >= 0.6 is 11.6 Å². The molecule has 0 bridgehead atoms. The van der Waals surface area contributed by atoms with Gasteiger partial charge in [-0.15, -0.1) is 0 Å². The van der Waals surface area contributed by atoms with Crippen LogP contribution < -0.4 is 15.6 Å². The van der Waals surface area contributed by atoms with Crippen molar-refractivity contribution in [3.05, 3.63) is 93.6 Å². The summed E-state index contributed by atoms with van der Waals surface area (Å²) in [5.74, 6) is -0.416. The van der Waals surface area contributed by atoms with E-state index in [-0.39, 0.29) is 23.8 Å². The third kappa shape index (κ3) is 5.47.